The van der Waals surface area contributed by atoms with Crippen molar-refractivity contribution in [1.82, 2.24) is 4.90 Å². The van der Waals surface area contributed by atoms with Crippen molar-refractivity contribution in [3.63, 3.8) is 0 Å². The molecule has 0 aliphatic rings. The third-order valence-electron chi connectivity index (χ3n) is 3.02. The van der Waals surface area contributed by atoms with Crippen molar-refractivity contribution in [2.45, 2.75) is 39.5 Å². The Kier molecular flexibility index (Phi) is 6.17. The highest BCUT2D eigenvalue weighted by molar-refractivity contribution is 5.21. The molecule has 0 N–H and O–H groups in total. The highest BCUT2D eigenvalue weighted by Gasteiger charge is 1.98. The van der Waals surface area contributed by atoms with E-state index in [1.807, 2.05) is 0 Å². The van der Waals surface area contributed by atoms with Crippen LogP contribution in [-0.4, -0.2) is 25.0 Å². The predicted molar refractivity (Wildman–Crippen MR) is 71.9 cm³/mol. The maximum atomic E-state index is 2.44. The molecule has 0 fully saturated rings. The Hall–Kier alpha value is -0.820. The largest absolute Gasteiger partial charge is 0.306 e. The number of rotatable bonds is 7. The fraction of sp³-hybridized carbons (Fsp3) is 0.600. The van der Waals surface area contributed by atoms with Crippen LogP contribution in [0.5, 0.6) is 0 Å². The van der Waals surface area contributed by atoms with E-state index in [1.165, 1.54) is 49.9 Å². The van der Waals surface area contributed by atoms with Gasteiger partial charge < -0.3 is 4.90 Å². The Labute approximate surface area is 100 Å². The molecule has 0 radical (unpaired) electrons. The van der Waals surface area contributed by atoms with Gasteiger partial charge in [0, 0.05) is 0 Å². The van der Waals surface area contributed by atoms with Crippen LogP contribution in [0.3, 0.4) is 0 Å². The maximum Gasteiger partial charge on any atom is -0.00186 e. The van der Waals surface area contributed by atoms with E-state index in [2.05, 4.69) is 50.1 Å². The van der Waals surface area contributed by atoms with Crippen LogP contribution in [0.4, 0.5) is 0 Å². The number of unbranched alkanes of at least 4 members (excludes halogenated alkanes) is 1. The van der Waals surface area contributed by atoms with Gasteiger partial charge in [-0.2, -0.15) is 0 Å². The molecule has 0 bridgehead atoms. The lowest BCUT2D eigenvalue weighted by Gasteiger charge is -2.15. The molecular formula is C15H25N. The Morgan fingerprint density at radius 2 is 1.62 bits per heavy atom. The Morgan fingerprint density at radius 1 is 1.00 bits per heavy atom. The molecule has 0 amide bonds. The summed E-state index contributed by atoms with van der Waals surface area (Å²) < 4.78 is 0. The maximum absolute atomic E-state index is 2.44. The molecule has 1 nitrogen and oxygen atoms in total. The Morgan fingerprint density at radius 3 is 2.25 bits per heavy atom. The summed E-state index contributed by atoms with van der Waals surface area (Å²) in [5, 5.41) is 0. The first-order valence-electron chi connectivity index (χ1n) is 6.46. The van der Waals surface area contributed by atoms with Crippen LogP contribution in [0.1, 0.15) is 37.3 Å². The second kappa shape index (κ2) is 7.45. The SMILES string of the molecule is CCCCN(C)CCCc1ccc(C)cc1. The van der Waals surface area contributed by atoms with E-state index in [4.69, 9.17) is 0 Å². The molecule has 0 spiro atoms. The van der Waals surface area contributed by atoms with E-state index < -0.39 is 0 Å². The first kappa shape index (κ1) is 13.2. The molecule has 1 rings (SSSR count). The van der Waals surface area contributed by atoms with Gasteiger partial charge in [-0.3, -0.25) is 0 Å². The van der Waals surface area contributed by atoms with Crippen LogP contribution in [0.2, 0.25) is 0 Å². The number of hydrogen-bond acceptors (Lipinski definition) is 1. The molecule has 0 aliphatic carbocycles. The van der Waals surface area contributed by atoms with Gasteiger partial charge in [0.1, 0.15) is 0 Å². The van der Waals surface area contributed by atoms with Crippen molar-refractivity contribution >= 4 is 0 Å². The second-order valence-electron chi connectivity index (χ2n) is 4.75. The summed E-state index contributed by atoms with van der Waals surface area (Å²) >= 11 is 0. The zero-order valence-corrected chi connectivity index (χ0v) is 11.0. The molecule has 1 heteroatoms. The van der Waals surface area contributed by atoms with Crippen LogP contribution in [0.15, 0.2) is 24.3 Å². The molecule has 0 saturated carbocycles. The molecule has 1 aromatic rings. The summed E-state index contributed by atoms with van der Waals surface area (Å²) in [5.41, 5.74) is 2.82. The van der Waals surface area contributed by atoms with Gasteiger partial charge in [-0.25, -0.2) is 0 Å². The van der Waals surface area contributed by atoms with Crippen molar-refractivity contribution in [3.8, 4) is 0 Å². The van der Waals surface area contributed by atoms with Gasteiger partial charge in [0.15, 0.2) is 0 Å². The quantitative estimate of drug-likeness (QED) is 0.676. The van der Waals surface area contributed by atoms with E-state index in [0.717, 1.165) is 0 Å². The van der Waals surface area contributed by atoms with Gasteiger partial charge >= 0.3 is 0 Å². The Bertz CT molecular complexity index is 276. The van der Waals surface area contributed by atoms with Crippen LogP contribution < -0.4 is 0 Å². The average Bonchev–Trinajstić information content (AvgIpc) is 2.29. The minimum absolute atomic E-state index is 1.21. The van der Waals surface area contributed by atoms with E-state index in [0.29, 0.717) is 0 Å². The number of hydrogen-bond donors (Lipinski definition) is 0. The molecule has 16 heavy (non-hydrogen) atoms. The second-order valence-corrected chi connectivity index (χ2v) is 4.75. The minimum atomic E-state index is 1.21. The third kappa shape index (κ3) is 5.32. The zero-order valence-electron chi connectivity index (χ0n) is 11.0. The minimum Gasteiger partial charge on any atom is -0.306 e. The zero-order chi connectivity index (χ0) is 11.8. The van der Waals surface area contributed by atoms with Crippen molar-refractivity contribution in [2.75, 3.05) is 20.1 Å². The van der Waals surface area contributed by atoms with Crippen molar-refractivity contribution in [3.05, 3.63) is 35.4 Å². The Balaban J connectivity index is 2.17. The van der Waals surface area contributed by atoms with E-state index in [1.54, 1.807) is 0 Å². The highest BCUT2D eigenvalue weighted by atomic mass is 15.1. The van der Waals surface area contributed by atoms with Gasteiger partial charge in [0.05, 0.1) is 0 Å². The molecule has 1 aromatic carbocycles. The van der Waals surface area contributed by atoms with Crippen LogP contribution in [0, 0.1) is 6.92 Å². The van der Waals surface area contributed by atoms with Crippen molar-refractivity contribution in [2.24, 2.45) is 0 Å². The number of aryl methyl sites for hydroxylation is 2. The van der Waals surface area contributed by atoms with Crippen molar-refractivity contribution in [1.29, 1.82) is 0 Å². The molecule has 0 atom stereocenters. The standard InChI is InChI=1S/C15H25N/c1-4-5-12-16(3)13-6-7-15-10-8-14(2)9-11-15/h8-11H,4-7,12-13H2,1-3H3. The summed E-state index contributed by atoms with van der Waals surface area (Å²) in [4.78, 5) is 2.44. The van der Waals surface area contributed by atoms with Gasteiger partial charge in [0.25, 0.3) is 0 Å². The summed E-state index contributed by atoms with van der Waals surface area (Å²) in [7, 11) is 2.23. The molecule has 90 valence electrons. The topological polar surface area (TPSA) is 3.24 Å². The first-order valence-corrected chi connectivity index (χ1v) is 6.46. The van der Waals surface area contributed by atoms with Gasteiger partial charge in [0.2, 0.25) is 0 Å². The predicted octanol–water partition coefficient (Wildman–Crippen LogP) is 3.66. The number of benzene rings is 1. The summed E-state index contributed by atoms with van der Waals surface area (Å²) in [6.45, 7) is 6.85. The van der Waals surface area contributed by atoms with E-state index >= 15 is 0 Å². The molecule has 0 saturated heterocycles. The van der Waals surface area contributed by atoms with Gasteiger partial charge in [-0.05, 0) is 51.9 Å². The fourth-order valence-corrected chi connectivity index (χ4v) is 1.85. The van der Waals surface area contributed by atoms with Crippen LogP contribution in [0.25, 0.3) is 0 Å². The van der Waals surface area contributed by atoms with E-state index in [-0.39, 0.29) is 0 Å². The monoisotopic (exact) mass is 219 g/mol. The average molecular weight is 219 g/mol. The molecule has 0 aromatic heterocycles. The lowest BCUT2D eigenvalue weighted by molar-refractivity contribution is 0.324. The number of nitrogens with zero attached hydrogens (tertiary/aromatic N) is 1. The van der Waals surface area contributed by atoms with Crippen LogP contribution >= 0.6 is 0 Å². The third-order valence-corrected chi connectivity index (χ3v) is 3.02. The smallest absolute Gasteiger partial charge is 0.00186 e. The summed E-state index contributed by atoms with van der Waals surface area (Å²) in [5.74, 6) is 0. The first-order chi connectivity index (χ1) is 7.72. The lowest BCUT2D eigenvalue weighted by Crippen LogP contribution is -2.21. The molecule has 0 aliphatic heterocycles. The van der Waals surface area contributed by atoms with Gasteiger partial charge in [-0.15, -0.1) is 0 Å². The van der Waals surface area contributed by atoms with Crippen LogP contribution in [-0.2, 0) is 6.42 Å². The molecular weight excluding hydrogens is 194 g/mol. The fourth-order valence-electron chi connectivity index (χ4n) is 1.85. The van der Waals surface area contributed by atoms with Gasteiger partial charge in [-0.1, -0.05) is 43.2 Å². The van der Waals surface area contributed by atoms with E-state index in [9.17, 15) is 0 Å². The summed E-state index contributed by atoms with van der Waals surface area (Å²) in [6, 6.07) is 8.91. The molecule has 0 unspecified atom stereocenters. The molecule has 0 heterocycles. The van der Waals surface area contributed by atoms with Crippen molar-refractivity contribution < 1.29 is 0 Å². The highest BCUT2D eigenvalue weighted by Crippen LogP contribution is 2.06. The summed E-state index contributed by atoms with van der Waals surface area (Å²) in [6.07, 6.45) is 5.09. The lowest BCUT2D eigenvalue weighted by atomic mass is 10.1. The normalized spacial score (nSPS) is 11.0.